The molecule has 0 amide bonds. The minimum atomic E-state index is -0.829. The Labute approximate surface area is 492 Å². The van der Waals surface area contributed by atoms with E-state index in [1.54, 1.807) is 0 Å². The van der Waals surface area contributed by atoms with Crippen LogP contribution in [0.4, 0.5) is 34.1 Å². The highest BCUT2D eigenvalue weighted by Gasteiger charge is 2.50. The molecule has 0 spiro atoms. The van der Waals surface area contributed by atoms with Crippen LogP contribution in [-0.4, -0.2) is 0 Å². The van der Waals surface area contributed by atoms with E-state index < -0.39 is 5.41 Å². The third-order valence-electron chi connectivity index (χ3n) is 17.4. The Kier molecular flexibility index (Phi) is 12.3. The quantitative estimate of drug-likeness (QED) is 0.144. The fourth-order valence-electron chi connectivity index (χ4n) is 13.1. The van der Waals surface area contributed by atoms with Crippen molar-refractivity contribution in [2.45, 2.75) is 84.0 Å². The van der Waals surface area contributed by atoms with Crippen LogP contribution in [-0.2, 0) is 21.7 Å². The van der Waals surface area contributed by atoms with Gasteiger partial charge in [-0.25, -0.2) is 0 Å². The topological polar surface area (TPSA) is 19.6 Å². The first-order chi connectivity index (χ1) is 40.1. The highest BCUT2D eigenvalue weighted by molar-refractivity contribution is 7.26. The van der Waals surface area contributed by atoms with Gasteiger partial charge in [-0.1, -0.05) is 238 Å². The van der Waals surface area contributed by atoms with Crippen LogP contribution in [0.1, 0.15) is 101 Å². The SMILES string of the molecule is CC(C)(C)c1ccc(N(c2ccc(-c3ccccc3)cc2)c2cc3c(c4c2oc2ccccc24)-c2c(cc(N(c4ccc(C(C)(C)C)cc4)c4ccc(C(C)(C)C)cc4)c4c2sc2ccccc24)C3(c2ccccc2)c2ccccc2)cc1. The average molecular weight is 1090 g/mol. The smallest absolute Gasteiger partial charge is 0.160 e. The molecule has 14 rings (SSSR count). The number of hydrogen-bond acceptors (Lipinski definition) is 4. The van der Waals surface area contributed by atoms with Gasteiger partial charge in [-0.2, -0.15) is 0 Å². The van der Waals surface area contributed by atoms with E-state index in [2.05, 4.69) is 321 Å². The molecule has 2 aromatic heterocycles. The molecule has 83 heavy (non-hydrogen) atoms. The molecule has 0 aliphatic heterocycles. The molecule has 0 saturated carbocycles. The highest BCUT2D eigenvalue weighted by atomic mass is 32.1. The van der Waals surface area contributed by atoms with Crippen molar-refractivity contribution in [2.75, 3.05) is 9.80 Å². The van der Waals surface area contributed by atoms with Crippen LogP contribution >= 0.6 is 11.3 Å². The van der Waals surface area contributed by atoms with E-state index in [9.17, 15) is 0 Å². The second-order valence-electron chi connectivity index (χ2n) is 25.7. The lowest BCUT2D eigenvalue weighted by molar-refractivity contribution is 0.590. The Morgan fingerprint density at radius 2 is 0.759 bits per heavy atom. The molecule has 13 aromatic rings. The number of para-hydroxylation sites is 1. The van der Waals surface area contributed by atoms with Crippen LogP contribution in [0.15, 0.2) is 253 Å². The molecule has 0 radical (unpaired) electrons. The minimum Gasteiger partial charge on any atom is -0.454 e. The van der Waals surface area contributed by atoms with Gasteiger partial charge >= 0.3 is 0 Å². The van der Waals surface area contributed by atoms with Gasteiger partial charge in [0.2, 0.25) is 0 Å². The van der Waals surface area contributed by atoms with Gasteiger partial charge in [-0.3, -0.25) is 0 Å². The minimum absolute atomic E-state index is 0.0165. The maximum atomic E-state index is 7.47. The largest absolute Gasteiger partial charge is 0.454 e. The molecular formula is C79H68N2OS. The highest BCUT2D eigenvalue weighted by Crippen LogP contribution is 2.65. The van der Waals surface area contributed by atoms with Crippen molar-refractivity contribution in [2.24, 2.45) is 0 Å². The number of rotatable bonds is 9. The van der Waals surface area contributed by atoms with Crippen LogP contribution in [0.3, 0.4) is 0 Å². The molecule has 2 heterocycles. The maximum absolute atomic E-state index is 7.47. The molecule has 0 bridgehead atoms. The second-order valence-corrected chi connectivity index (χ2v) is 26.7. The molecule has 406 valence electrons. The van der Waals surface area contributed by atoms with Crippen molar-refractivity contribution in [1.82, 2.24) is 0 Å². The summed E-state index contributed by atoms with van der Waals surface area (Å²) in [7, 11) is 0. The summed E-state index contributed by atoms with van der Waals surface area (Å²) >= 11 is 1.91. The van der Waals surface area contributed by atoms with E-state index >= 15 is 0 Å². The lowest BCUT2D eigenvalue weighted by atomic mass is 9.67. The number of furan rings is 1. The predicted octanol–water partition coefficient (Wildman–Crippen LogP) is 22.8. The Hall–Kier alpha value is -8.96. The first kappa shape index (κ1) is 52.1. The van der Waals surface area contributed by atoms with Gasteiger partial charge in [0.05, 0.1) is 16.8 Å². The summed E-state index contributed by atoms with van der Waals surface area (Å²) in [5, 5.41) is 4.67. The average Bonchev–Trinajstić information content (AvgIpc) is 1.55. The van der Waals surface area contributed by atoms with Crippen molar-refractivity contribution in [3.63, 3.8) is 0 Å². The first-order valence-electron chi connectivity index (χ1n) is 29.2. The normalized spacial score (nSPS) is 13.2. The van der Waals surface area contributed by atoms with Crippen LogP contribution in [0.25, 0.3) is 64.4 Å². The molecule has 0 fully saturated rings. The summed E-state index contributed by atoms with van der Waals surface area (Å²) < 4.78 is 9.96. The van der Waals surface area contributed by atoms with Crippen molar-refractivity contribution in [3.05, 3.63) is 288 Å². The number of benzene rings is 11. The summed E-state index contributed by atoms with van der Waals surface area (Å²) in [6.07, 6.45) is 0. The molecule has 4 heteroatoms. The predicted molar refractivity (Wildman–Crippen MR) is 355 cm³/mol. The molecule has 1 aliphatic carbocycles. The van der Waals surface area contributed by atoms with Crippen molar-refractivity contribution < 1.29 is 4.42 Å². The Bertz CT molecular complexity index is 4460. The standard InChI is InChI=1S/C79H68N2OS/c1-76(2,3)53-35-43-59(44-36-53)80(60-45-37-54(38-46-60)77(4,5)6)66-49-65-73(75-70(66)63-30-20-22-32-69(63)83-75)72-64(79(65,56-25-15-11-16-26-56)57-27-17-12-18-28-57)50-67(74-71(72)62-29-19-21-31-68(62)82-74)81(61-47-39-55(40-48-61)78(7,8)9)58-41-33-52(34-42-58)51-23-13-10-14-24-51/h10-50H,1-9H3. The molecule has 0 N–H and O–H groups in total. The molecule has 0 saturated heterocycles. The molecule has 0 atom stereocenters. The zero-order chi connectivity index (χ0) is 57.0. The number of anilines is 6. The van der Waals surface area contributed by atoms with Crippen LogP contribution in [0.2, 0.25) is 0 Å². The summed E-state index contributed by atoms with van der Waals surface area (Å²) in [5.74, 6) is 0. The molecule has 3 nitrogen and oxygen atoms in total. The maximum Gasteiger partial charge on any atom is 0.160 e. The first-order valence-corrected chi connectivity index (χ1v) is 30.1. The fourth-order valence-corrected chi connectivity index (χ4v) is 14.4. The summed E-state index contributed by atoms with van der Waals surface area (Å²) in [5.41, 5.74) is 20.7. The van der Waals surface area contributed by atoms with E-state index in [0.717, 1.165) is 61.6 Å². The Balaban J connectivity index is 1.15. The van der Waals surface area contributed by atoms with E-state index in [1.165, 1.54) is 75.8 Å². The monoisotopic (exact) mass is 1090 g/mol. The lowest BCUT2D eigenvalue weighted by Gasteiger charge is -2.36. The number of nitrogens with zero attached hydrogens (tertiary/aromatic N) is 2. The van der Waals surface area contributed by atoms with E-state index in [0.29, 0.717) is 0 Å². The number of fused-ring (bicyclic) bond motifs is 11. The molecule has 1 aliphatic rings. The van der Waals surface area contributed by atoms with Gasteiger partial charge in [-0.15, -0.1) is 11.3 Å². The van der Waals surface area contributed by atoms with Gasteiger partial charge in [0, 0.05) is 64.8 Å². The van der Waals surface area contributed by atoms with Crippen LogP contribution in [0.5, 0.6) is 0 Å². The zero-order valence-corrected chi connectivity index (χ0v) is 49.7. The third kappa shape index (κ3) is 8.60. The molecular weight excluding hydrogens is 1020 g/mol. The van der Waals surface area contributed by atoms with E-state index in [4.69, 9.17) is 4.42 Å². The summed E-state index contributed by atoms with van der Waals surface area (Å²) in [6.45, 7) is 20.6. The molecule has 11 aromatic carbocycles. The molecule has 0 unspecified atom stereocenters. The van der Waals surface area contributed by atoms with E-state index in [-0.39, 0.29) is 16.2 Å². The fraction of sp³-hybridized carbons (Fsp3) is 0.165. The van der Waals surface area contributed by atoms with E-state index in [1.807, 2.05) is 11.3 Å². The van der Waals surface area contributed by atoms with Crippen LogP contribution in [0, 0.1) is 0 Å². The lowest BCUT2D eigenvalue weighted by Crippen LogP contribution is -2.29. The van der Waals surface area contributed by atoms with Gasteiger partial charge in [0.1, 0.15) is 5.58 Å². The second kappa shape index (κ2) is 19.6. The number of thiophene rings is 1. The van der Waals surface area contributed by atoms with Crippen molar-refractivity contribution >= 4 is 87.6 Å². The van der Waals surface area contributed by atoms with Crippen LogP contribution < -0.4 is 9.80 Å². The van der Waals surface area contributed by atoms with Gasteiger partial charge in [0.15, 0.2) is 5.58 Å². The Morgan fingerprint density at radius 3 is 1.27 bits per heavy atom. The number of hydrogen-bond donors (Lipinski definition) is 0. The third-order valence-corrected chi connectivity index (χ3v) is 18.6. The van der Waals surface area contributed by atoms with Crippen molar-refractivity contribution in [1.29, 1.82) is 0 Å². The van der Waals surface area contributed by atoms with Gasteiger partial charge in [0.25, 0.3) is 0 Å². The van der Waals surface area contributed by atoms with Crippen molar-refractivity contribution in [3.8, 4) is 22.3 Å². The Morgan fingerprint density at radius 1 is 0.361 bits per heavy atom. The summed E-state index contributed by atoms with van der Waals surface area (Å²) in [6, 6.07) is 93.1. The van der Waals surface area contributed by atoms with Gasteiger partial charge in [-0.05, 0) is 139 Å². The summed E-state index contributed by atoms with van der Waals surface area (Å²) in [4.78, 5) is 4.99. The zero-order valence-electron chi connectivity index (χ0n) is 48.9. The van der Waals surface area contributed by atoms with Gasteiger partial charge < -0.3 is 14.2 Å².